The molecule has 0 saturated carbocycles. The average Bonchev–Trinajstić information content (AvgIpc) is 2.97. The first kappa shape index (κ1) is 21.4. The third kappa shape index (κ3) is 4.67. The number of carbonyl (C=O) groups excluding carboxylic acids is 1. The third-order valence-electron chi connectivity index (χ3n) is 4.61. The molecule has 0 aliphatic carbocycles. The van der Waals surface area contributed by atoms with Gasteiger partial charge in [0.25, 0.3) is 5.91 Å². The van der Waals surface area contributed by atoms with Crippen LogP contribution in [0.1, 0.15) is 27.0 Å². The number of aromatic nitrogens is 1. The van der Waals surface area contributed by atoms with Gasteiger partial charge in [0.05, 0.1) is 10.2 Å². The van der Waals surface area contributed by atoms with E-state index in [-0.39, 0.29) is 18.3 Å². The van der Waals surface area contributed by atoms with Crippen LogP contribution < -0.4 is 4.90 Å². The van der Waals surface area contributed by atoms with Crippen LogP contribution in [-0.2, 0) is 0 Å². The first-order chi connectivity index (χ1) is 12.4. The van der Waals surface area contributed by atoms with Crippen LogP contribution in [0.2, 0.25) is 0 Å². The SMILES string of the molecule is Cc1cc2nc(N(CCN(C)C)C(=O)c3ccccc3C)sc2cc1C.Cl. The zero-order valence-corrected chi connectivity index (χ0v) is 18.1. The second-order valence-electron chi connectivity index (χ2n) is 6.98. The molecule has 6 heteroatoms. The number of carbonyl (C=O) groups is 1. The average molecular weight is 404 g/mol. The van der Waals surface area contributed by atoms with Gasteiger partial charge < -0.3 is 4.90 Å². The van der Waals surface area contributed by atoms with E-state index in [1.54, 1.807) is 11.3 Å². The number of hydrogen-bond acceptors (Lipinski definition) is 4. The number of benzene rings is 2. The van der Waals surface area contributed by atoms with E-state index in [1.807, 2.05) is 50.2 Å². The quantitative estimate of drug-likeness (QED) is 0.610. The number of nitrogens with zero attached hydrogens (tertiary/aromatic N) is 3. The van der Waals surface area contributed by atoms with Crippen LogP contribution in [0.5, 0.6) is 0 Å². The van der Waals surface area contributed by atoms with Gasteiger partial charge in [0.1, 0.15) is 0 Å². The van der Waals surface area contributed by atoms with Crippen LogP contribution in [-0.4, -0.2) is 43.0 Å². The molecular formula is C21H26ClN3OS. The fourth-order valence-corrected chi connectivity index (χ4v) is 3.90. The van der Waals surface area contributed by atoms with Crippen LogP contribution >= 0.6 is 23.7 Å². The van der Waals surface area contributed by atoms with Gasteiger partial charge in [0.2, 0.25) is 0 Å². The van der Waals surface area contributed by atoms with Gasteiger partial charge in [0, 0.05) is 18.7 Å². The predicted octanol–water partition coefficient (Wildman–Crippen LogP) is 4.85. The van der Waals surface area contributed by atoms with E-state index >= 15 is 0 Å². The summed E-state index contributed by atoms with van der Waals surface area (Å²) in [6.07, 6.45) is 0. The van der Waals surface area contributed by atoms with Gasteiger partial charge in [-0.25, -0.2) is 4.98 Å². The Morgan fingerprint density at radius 2 is 1.67 bits per heavy atom. The van der Waals surface area contributed by atoms with E-state index in [2.05, 4.69) is 30.9 Å². The highest BCUT2D eigenvalue weighted by Crippen LogP contribution is 2.31. The van der Waals surface area contributed by atoms with E-state index < -0.39 is 0 Å². The highest BCUT2D eigenvalue weighted by atomic mass is 35.5. The van der Waals surface area contributed by atoms with E-state index in [0.717, 1.165) is 33.0 Å². The molecule has 0 spiro atoms. The maximum Gasteiger partial charge on any atom is 0.260 e. The summed E-state index contributed by atoms with van der Waals surface area (Å²) in [5, 5.41) is 0.764. The molecule has 0 fully saturated rings. The minimum Gasteiger partial charge on any atom is -0.308 e. The lowest BCUT2D eigenvalue weighted by Gasteiger charge is -2.22. The third-order valence-corrected chi connectivity index (χ3v) is 5.66. The number of aryl methyl sites for hydroxylation is 3. The Balaban J connectivity index is 0.00000261. The van der Waals surface area contributed by atoms with Crippen molar-refractivity contribution in [3.8, 4) is 0 Å². The molecular weight excluding hydrogens is 378 g/mol. The molecule has 0 bridgehead atoms. The lowest BCUT2D eigenvalue weighted by molar-refractivity contribution is 0.0984. The Kier molecular flexibility index (Phi) is 6.98. The number of amides is 1. The van der Waals surface area contributed by atoms with Crippen LogP contribution in [0.25, 0.3) is 10.2 Å². The van der Waals surface area contributed by atoms with Gasteiger partial charge in [-0.15, -0.1) is 12.4 Å². The summed E-state index contributed by atoms with van der Waals surface area (Å²) in [6.45, 7) is 7.57. The van der Waals surface area contributed by atoms with Gasteiger partial charge in [-0.2, -0.15) is 0 Å². The molecule has 1 heterocycles. The van der Waals surface area contributed by atoms with Crippen molar-refractivity contribution in [2.75, 3.05) is 32.1 Å². The number of anilines is 1. The molecule has 3 rings (SSSR count). The number of hydrogen-bond donors (Lipinski definition) is 0. The number of fused-ring (bicyclic) bond motifs is 1. The van der Waals surface area contributed by atoms with E-state index in [4.69, 9.17) is 4.98 Å². The molecule has 144 valence electrons. The lowest BCUT2D eigenvalue weighted by Crippen LogP contribution is -2.37. The Morgan fingerprint density at radius 1 is 1.00 bits per heavy atom. The molecule has 0 aliphatic heterocycles. The first-order valence-electron chi connectivity index (χ1n) is 8.77. The van der Waals surface area contributed by atoms with E-state index in [1.165, 1.54) is 11.1 Å². The molecule has 1 aromatic heterocycles. The van der Waals surface area contributed by atoms with Gasteiger partial charge in [-0.3, -0.25) is 9.69 Å². The van der Waals surface area contributed by atoms with Gasteiger partial charge in [-0.1, -0.05) is 29.5 Å². The molecule has 0 N–H and O–H groups in total. The summed E-state index contributed by atoms with van der Waals surface area (Å²) < 4.78 is 1.12. The summed E-state index contributed by atoms with van der Waals surface area (Å²) in [4.78, 5) is 21.9. The lowest BCUT2D eigenvalue weighted by atomic mass is 10.1. The zero-order valence-electron chi connectivity index (χ0n) is 16.4. The zero-order chi connectivity index (χ0) is 18.8. The van der Waals surface area contributed by atoms with Gasteiger partial charge >= 0.3 is 0 Å². The molecule has 1 amide bonds. The summed E-state index contributed by atoms with van der Waals surface area (Å²) in [5.74, 6) is 0.0115. The molecule has 4 nitrogen and oxygen atoms in total. The van der Waals surface area contributed by atoms with Crippen molar-refractivity contribution in [2.45, 2.75) is 20.8 Å². The molecule has 0 radical (unpaired) electrons. The van der Waals surface area contributed by atoms with Crippen molar-refractivity contribution >= 4 is 45.0 Å². The molecule has 0 aliphatic rings. The first-order valence-corrected chi connectivity index (χ1v) is 9.58. The van der Waals surface area contributed by atoms with Gasteiger partial charge in [0.15, 0.2) is 5.13 Å². The summed E-state index contributed by atoms with van der Waals surface area (Å²) in [5.41, 5.74) is 5.15. The van der Waals surface area contributed by atoms with Crippen LogP contribution in [0.4, 0.5) is 5.13 Å². The number of rotatable bonds is 5. The predicted molar refractivity (Wildman–Crippen MR) is 118 cm³/mol. The maximum absolute atomic E-state index is 13.3. The smallest absolute Gasteiger partial charge is 0.260 e. The van der Waals surface area contributed by atoms with Crippen molar-refractivity contribution in [1.29, 1.82) is 0 Å². The summed E-state index contributed by atoms with van der Waals surface area (Å²) in [7, 11) is 4.03. The van der Waals surface area contributed by atoms with Crippen LogP contribution in [0.15, 0.2) is 36.4 Å². The van der Waals surface area contributed by atoms with Crippen molar-refractivity contribution in [3.05, 3.63) is 58.7 Å². The summed E-state index contributed by atoms with van der Waals surface area (Å²) >= 11 is 1.58. The molecule has 0 unspecified atom stereocenters. The normalized spacial score (nSPS) is 10.9. The van der Waals surface area contributed by atoms with Gasteiger partial charge in [-0.05, 0) is 69.8 Å². The fraction of sp³-hybridized carbons (Fsp3) is 0.333. The topological polar surface area (TPSA) is 36.4 Å². The van der Waals surface area contributed by atoms with Crippen LogP contribution in [0.3, 0.4) is 0 Å². The largest absolute Gasteiger partial charge is 0.308 e. The highest BCUT2D eigenvalue weighted by Gasteiger charge is 2.22. The molecule has 3 aromatic rings. The van der Waals surface area contributed by atoms with Crippen molar-refractivity contribution in [2.24, 2.45) is 0 Å². The van der Waals surface area contributed by atoms with Crippen molar-refractivity contribution in [3.63, 3.8) is 0 Å². The van der Waals surface area contributed by atoms with Crippen LogP contribution in [0, 0.1) is 20.8 Å². The standard InChI is InChI=1S/C21H25N3OS.ClH/c1-14-8-6-7-9-17(14)20(25)24(11-10-23(4)5)21-22-18-12-15(2)16(3)13-19(18)26-21;/h6-9,12-13H,10-11H2,1-5H3;1H. The second-order valence-corrected chi connectivity index (χ2v) is 7.98. The van der Waals surface area contributed by atoms with Crippen molar-refractivity contribution in [1.82, 2.24) is 9.88 Å². The number of halogens is 1. The molecule has 0 saturated heterocycles. The Hall–Kier alpha value is -1.95. The monoisotopic (exact) mass is 403 g/mol. The Labute approximate surface area is 171 Å². The Bertz CT molecular complexity index is 913. The van der Waals surface area contributed by atoms with E-state index in [0.29, 0.717) is 6.54 Å². The Morgan fingerprint density at radius 3 is 2.33 bits per heavy atom. The molecule has 0 atom stereocenters. The number of thiazole rings is 1. The van der Waals surface area contributed by atoms with E-state index in [9.17, 15) is 4.79 Å². The highest BCUT2D eigenvalue weighted by molar-refractivity contribution is 7.22. The number of likely N-dealkylation sites (N-methyl/N-ethyl adjacent to an activating group) is 1. The minimum absolute atomic E-state index is 0. The van der Waals surface area contributed by atoms with Crippen molar-refractivity contribution < 1.29 is 4.79 Å². The molecule has 27 heavy (non-hydrogen) atoms. The fourth-order valence-electron chi connectivity index (χ4n) is 2.83. The summed E-state index contributed by atoms with van der Waals surface area (Å²) in [6, 6.07) is 12.0. The second kappa shape index (κ2) is 8.83. The molecule has 2 aromatic carbocycles. The maximum atomic E-state index is 13.3. The minimum atomic E-state index is 0.